The van der Waals surface area contributed by atoms with Gasteiger partial charge in [0, 0.05) is 0 Å². The molecule has 0 amide bonds. The average molecular weight is 208 g/mol. The Kier molecular flexibility index (Phi) is 3.03. The number of alkyl halides is 6. The highest BCUT2D eigenvalue weighted by Gasteiger charge is 2.68. The zero-order valence-corrected chi connectivity index (χ0v) is 6.37. The summed E-state index contributed by atoms with van der Waals surface area (Å²) in [5.41, 5.74) is -4.76. The fraction of sp³-hybridized carbons (Fsp3) is 0.667. The summed E-state index contributed by atoms with van der Waals surface area (Å²) in [6, 6.07) is 0. The first-order valence-corrected chi connectivity index (χ1v) is 3.06. The molecule has 0 aromatic heterocycles. The van der Waals surface area contributed by atoms with E-state index in [0.717, 1.165) is 6.92 Å². The lowest BCUT2D eigenvalue weighted by Gasteiger charge is -2.29. The van der Waals surface area contributed by atoms with Gasteiger partial charge in [-0.2, -0.15) is 26.3 Å². The van der Waals surface area contributed by atoms with Crippen LogP contribution >= 0.6 is 0 Å². The molecule has 0 radical (unpaired) electrons. The van der Waals surface area contributed by atoms with E-state index in [-0.39, 0.29) is 6.08 Å². The summed E-state index contributed by atoms with van der Waals surface area (Å²) in [5.74, 6) is 0. The van der Waals surface area contributed by atoms with Crippen LogP contribution in [0.2, 0.25) is 0 Å². The highest BCUT2D eigenvalue weighted by Crippen LogP contribution is 2.43. The van der Waals surface area contributed by atoms with Crippen molar-refractivity contribution in [3.8, 4) is 0 Å². The quantitative estimate of drug-likeness (QED) is 0.518. The van der Waals surface area contributed by atoms with Gasteiger partial charge >= 0.3 is 12.4 Å². The van der Waals surface area contributed by atoms with Gasteiger partial charge < -0.3 is 5.11 Å². The minimum Gasteiger partial charge on any atom is -0.370 e. The lowest BCUT2D eigenvalue weighted by Crippen LogP contribution is -2.55. The molecule has 0 atom stereocenters. The molecule has 0 unspecified atom stereocenters. The van der Waals surface area contributed by atoms with Crippen LogP contribution in [0.4, 0.5) is 26.3 Å². The van der Waals surface area contributed by atoms with E-state index in [4.69, 9.17) is 5.11 Å². The van der Waals surface area contributed by atoms with Gasteiger partial charge in [0.05, 0.1) is 0 Å². The van der Waals surface area contributed by atoms with Crippen LogP contribution in [0.15, 0.2) is 12.2 Å². The second-order valence-electron chi connectivity index (χ2n) is 2.26. The topological polar surface area (TPSA) is 20.2 Å². The maximum atomic E-state index is 11.8. The Hall–Kier alpha value is -0.720. The van der Waals surface area contributed by atoms with Gasteiger partial charge in [-0.1, -0.05) is 6.08 Å². The molecule has 0 saturated heterocycles. The van der Waals surface area contributed by atoms with E-state index in [1.54, 1.807) is 0 Å². The van der Waals surface area contributed by atoms with E-state index in [1.807, 2.05) is 0 Å². The van der Waals surface area contributed by atoms with Crippen LogP contribution in [0.5, 0.6) is 0 Å². The minimum absolute atomic E-state index is 0.340. The van der Waals surface area contributed by atoms with E-state index in [9.17, 15) is 26.3 Å². The predicted molar refractivity (Wildman–Crippen MR) is 31.9 cm³/mol. The van der Waals surface area contributed by atoms with Gasteiger partial charge in [0.15, 0.2) is 0 Å². The molecule has 13 heavy (non-hydrogen) atoms. The second kappa shape index (κ2) is 3.21. The maximum Gasteiger partial charge on any atom is 0.429 e. The molecule has 0 aliphatic heterocycles. The van der Waals surface area contributed by atoms with Crippen LogP contribution in [-0.2, 0) is 0 Å². The molecule has 0 spiro atoms. The van der Waals surface area contributed by atoms with E-state index in [0.29, 0.717) is 6.08 Å². The fourth-order valence-electron chi connectivity index (χ4n) is 0.591. The fourth-order valence-corrected chi connectivity index (χ4v) is 0.591. The molecule has 0 aromatic rings. The second-order valence-corrected chi connectivity index (χ2v) is 2.26. The summed E-state index contributed by atoms with van der Waals surface area (Å²) in [5, 5.41) is 8.35. The Morgan fingerprint density at radius 2 is 1.23 bits per heavy atom. The van der Waals surface area contributed by atoms with Crippen molar-refractivity contribution in [2.75, 3.05) is 0 Å². The smallest absolute Gasteiger partial charge is 0.370 e. The van der Waals surface area contributed by atoms with Gasteiger partial charge in [0.1, 0.15) is 0 Å². The average Bonchev–Trinajstić information content (AvgIpc) is 1.82. The molecule has 0 aliphatic carbocycles. The van der Waals surface area contributed by atoms with Gasteiger partial charge in [0.2, 0.25) is 0 Å². The van der Waals surface area contributed by atoms with Crippen molar-refractivity contribution in [3.05, 3.63) is 12.2 Å². The first-order valence-electron chi connectivity index (χ1n) is 3.06. The summed E-state index contributed by atoms with van der Waals surface area (Å²) in [4.78, 5) is 0. The summed E-state index contributed by atoms with van der Waals surface area (Å²) < 4.78 is 70.6. The Bertz CT molecular complexity index is 186. The van der Waals surface area contributed by atoms with Gasteiger partial charge in [-0.25, -0.2) is 0 Å². The molecule has 0 heterocycles. The Balaban J connectivity index is 5.21. The Labute approximate surface area is 69.7 Å². The Morgan fingerprint density at radius 3 is 1.31 bits per heavy atom. The first kappa shape index (κ1) is 12.3. The van der Waals surface area contributed by atoms with Crippen molar-refractivity contribution in [2.45, 2.75) is 24.9 Å². The maximum absolute atomic E-state index is 11.8. The summed E-state index contributed by atoms with van der Waals surface area (Å²) in [7, 11) is 0. The van der Waals surface area contributed by atoms with E-state index in [2.05, 4.69) is 0 Å². The summed E-state index contributed by atoms with van der Waals surface area (Å²) >= 11 is 0. The van der Waals surface area contributed by atoms with Crippen LogP contribution in [-0.4, -0.2) is 23.1 Å². The monoisotopic (exact) mass is 208 g/mol. The molecule has 7 heteroatoms. The first-order chi connectivity index (χ1) is 5.56. The van der Waals surface area contributed by atoms with E-state index >= 15 is 0 Å². The van der Waals surface area contributed by atoms with Crippen molar-refractivity contribution < 1.29 is 31.4 Å². The molecule has 0 saturated carbocycles. The normalized spacial score (nSPS) is 15.4. The largest absolute Gasteiger partial charge is 0.429 e. The molecular formula is C6H6F6O. The lowest BCUT2D eigenvalue weighted by molar-refractivity contribution is -0.347. The van der Waals surface area contributed by atoms with Crippen molar-refractivity contribution in [1.29, 1.82) is 0 Å². The molecule has 0 aromatic carbocycles. The SMILES string of the molecule is CC=CC(O)(C(F)(F)F)C(F)(F)F. The third-order valence-electron chi connectivity index (χ3n) is 1.27. The van der Waals surface area contributed by atoms with Crippen LogP contribution in [0.1, 0.15) is 6.92 Å². The molecule has 0 rings (SSSR count). The molecule has 0 fully saturated rings. The van der Waals surface area contributed by atoms with Crippen LogP contribution in [0.25, 0.3) is 0 Å². The number of hydrogen-bond donors (Lipinski definition) is 1. The zero-order valence-electron chi connectivity index (χ0n) is 6.37. The van der Waals surface area contributed by atoms with Gasteiger partial charge in [-0.05, 0) is 13.0 Å². The van der Waals surface area contributed by atoms with Gasteiger partial charge in [-0.15, -0.1) is 0 Å². The third-order valence-corrected chi connectivity index (χ3v) is 1.27. The highest BCUT2D eigenvalue weighted by atomic mass is 19.4. The van der Waals surface area contributed by atoms with Crippen molar-refractivity contribution >= 4 is 0 Å². The molecule has 78 valence electrons. The number of aliphatic hydroxyl groups is 1. The van der Waals surface area contributed by atoms with Crippen LogP contribution in [0.3, 0.4) is 0 Å². The van der Waals surface area contributed by atoms with E-state index < -0.39 is 18.0 Å². The number of hydrogen-bond acceptors (Lipinski definition) is 1. The van der Waals surface area contributed by atoms with Crippen molar-refractivity contribution in [1.82, 2.24) is 0 Å². The lowest BCUT2D eigenvalue weighted by atomic mass is 10.0. The molecule has 0 bridgehead atoms. The third kappa shape index (κ3) is 2.15. The molecular weight excluding hydrogens is 202 g/mol. The van der Waals surface area contributed by atoms with Gasteiger partial charge in [-0.3, -0.25) is 0 Å². The summed E-state index contributed by atoms with van der Waals surface area (Å²) in [6.45, 7) is 0.947. The predicted octanol–water partition coefficient (Wildman–Crippen LogP) is 2.42. The van der Waals surface area contributed by atoms with Crippen LogP contribution in [0, 0.1) is 0 Å². The Morgan fingerprint density at radius 1 is 0.923 bits per heavy atom. The van der Waals surface area contributed by atoms with Gasteiger partial charge in [0.25, 0.3) is 5.60 Å². The molecule has 1 N–H and O–H groups in total. The number of halogens is 6. The number of rotatable bonds is 1. The van der Waals surface area contributed by atoms with E-state index in [1.165, 1.54) is 0 Å². The standard InChI is InChI=1S/C6H6F6O/c1-2-3-4(13,5(7,8)9)6(10,11)12/h2-3,13H,1H3. The van der Waals surface area contributed by atoms with Crippen molar-refractivity contribution in [2.24, 2.45) is 0 Å². The molecule has 1 nitrogen and oxygen atoms in total. The zero-order chi connectivity index (χ0) is 10.9. The number of allylic oxidation sites excluding steroid dienone is 1. The molecule has 0 aliphatic rings. The van der Waals surface area contributed by atoms with Crippen LogP contribution < -0.4 is 0 Å². The van der Waals surface area contributed by atoms with Crippen molar-refractivity contribution in [3.63, 3.8) is 0 Å². The minimum atomic E-state index is -5.77. The summed E-state index contributed by atoms with van der Waals surface area (Å²) in [6.07, 6.45) is -11.4. The highest BCUT2D eigenvalue weighted by molar-refractivity contribution is 5.09.